The third-order valence-electron chi connectivity index (χ3n) is 1.62. The lowest BCUT2D eigenvalue weighted by atomic mass is 9.93. The van der Waals surface area contributed by atoms with Crippen LogP contribution in [0.2, 0.25) is 0 Å². The smallest absolute Gasteiger partial charge is 0.125 e. The molecule has 9 heavy (non-hydrogen) atoms. The second kappa shape index (κ2) is 2.78. The van der Waals surface area contributed by atoms with E-state index in [9.17, 15) is 4.79 Å². The van der Waals surface area contributed by atoms with Crippen LogP contribution in [0, 0.1) is 5.92 Å². The molecule has 2 nitrogen and oxygen atoms in total. The molecule has 0 aromatic rings. The highest BCUT2D eigenvalue weighted by atomic mass is 16.3. The maximum Gasteiger partial charge on any atom is 0.125 e. The van der Waals surface area contributed by atoms with Crippen LogP contribution in [0.5, 0.6) is 0 Å². The molecule has 0 aliphatic heterocycles. The zero-order valence-electron chi connectivity index (χ0n) is 5.16. The maximum atomic E-state index is 10.2. The number of aliphatic hydroxyl groups excluding tert-OH is 1. The van der Waals surface area contributed by atoms with E-state index in [0.717, 1.165) is 6.29 Å². The van der Waals surface area contributed by atoms with E-state index in [1.165, 1.54) is 0 Å². The highest BCUT2D eigenvalue weighted by Crippen LogP contribution is 2.15. The molecule has 2 atom stereocenters. The average Bonchev–Trinajstić information content (AvgIpc) is 1.89. The number of carbonyl (C=O) groups is 1. The zero-order valence-corrected chi connectivity index (χ0v) is 5.16. The van der Waals surface area contributed by atoms with Crippen molar-refractivity contribution in [3.05, 3.63) is 12.2 Å². The Morgan fingerprint density at radius 3 is 2.56 bits per heavy atom. The van der Waals surface area contributed by atoms with Crippen molar-refractivity contribution >= 4 is 6.29 Å². The van der Waals surface area contributed by atoms with Crippen molar-refractivity contribution in [2.45, 2.75) is 18.9 Å². The van der Waals surface area contributed by atoms with Gasteiger partial charge < -0.3 is 9.90 Å². The van der Waals surface area contributed by atoms with Gasteiger partial charge in [0, 0.05) is 5.92 Å². The van der Waals surface area contributed by atoms with Crippen molar-refractivity contribution in [1.29, 1.82) is 0 Å². The number of carbonyl (C=O) groups excluding carboxylic acids is 1. The van der Waals surface area contributed by atoms with Gasteiger partial charge in [0.2, 0.25) is 0 Å². The fourth-order valence-corrected chi connectivity index (χ4v) is 0.967. The third-order valence-corrected chi connectivity index (χ3v) is 1.62. The lowest BCUT2D eigenvalue weighted by Crippen LogP contribution is -2.22. The normalized spacial score (nSPS) is 34.3. The Morgan fingerprint density at radius 2 is 2.11 bits per heavy atom. The summed E-state index contributed by atoms with van der Waals surface area (Å²) in [6.45, 7) is 0. The largest absolute Gasteiger partial charge is 0.392 e. The molecule has 1 rings (SSSR count). The van der Waals surface area contributed by atoms with E-state index in [1.54, 1.807) is 0 Å². The molecule has 1 aliphatic rings. The molecule has 0 saturated heterocycles. The lowest BCUT2D eigenvalue weighted by Gasteiger charge is -2.17. The highest BCUT2D eigenvalue weighted by Gasteiger charge is 2.18. The molecule has 0 aromatic carbocycles. The summed E-state index contributed by atoms with van der Waals surface area (Å²) in [5, 5.41) is 9.09. The van der Waals surface area contributed by atoms with Gasteiger partial charge in [-0.25, -0.2) is 0 Å². The van der Waals surface area contributed by atoms with Crippen molar-refractivity contribution in [3.63, 3.8) is 0 Å². The van der Waals surface area contributed by atoms with E-state index < -0.39 is 6.10 Å². The van der Waals surface area contributed by atoms with E-state index in [4.69, 9.17) is 5.11 Å². The van der Waals surface area contributed by atoms with Gasteiger partial charge in [-0.15, -0.1) is 0 Å². The minimum absolute atomic E-state index is 0.157. The summed E-state index contributed by atoms with van der Waals surface area (Å²) in [5.74, 6) is -0.157. The Hall–Kier alpha value is -0.630. The molecule has 50 valence electrons. The van der Waals surface area contributed by atoms with Gasteiger partial charge in [-0.1, -0.05) is 12.2 Å². The zero-order chi connectivity index (χ0) is 6.69. The standard InChI is InChI=1S/C7H10O2/c8-5-6-3-1-2-4-7(6)9/h1-2,5-7,9H,3-4H2. The molecule has 1 N–H and O–H groups in total. The van der Waals surface area contributed by atoms with Crippen molar-refractivity contribution in [3.8, 4) is 0 Å². The van der Waals surface area contributed by atoms with E-state index in [1.807, 2.05) is 12.2 Å². The molecule has 0 amide bonds. The van der Waals surface area contributed by atoms with Crippen LogP contribution in [0.3, 0.4) is 0 Å². The second-order valence-electron chi connectivity index (χ2n) is 2.31. The van der Waals surface area contributed by atoms with E-state index in [0.29, 0.717) is 12.8 Å². The molecule has 1 aliphatic carbocycles. The van der Waals surface area contributed by atoms with Crippen molar-refractivity contribution in [2.24, 2.45) is 5.92 Å². The van der Waals surface area contributed by atoms with Gasteiger partial charge in [-0.3, -0.25) is 0 Å². The minimum Gasteiger partial charge on any atom is -0.392 e. The summed E-state index contributed by atoms with van der Waals surface area (Å²) in [6.07, 6.45) is 5.56. The van der Waals surface area contributed by atoms with Gasteiger partial charge in [0.15, 0.2) is 0 Å². The first-order valence-corrected chi connectivity index (χ1v) is 3.13. The predicted octanol–water partition coefficient (Wildman–Crippen LogP) is 0.512. The predicted molar refractivity (Wildman–Crippen MR) is 33.9 cm³/mol. The number of rotatable bonds is 1. The quantitative estimate of drug-likeness (QED) is 0.410. The van der Waals surface area contributed by atoms with Crippen molar-refractivity contribution < 1.29 is 9.90 Å². The van der Waals surface area contributed by atoms with E-state index >= 15 is 0 Å². The summed E-state index contributed by atoms with van der Waals surface area (Å²) in [7, 11) is 0. The lowest BCUT2D eigenvalue weighted by molar-refractivity contribution is -0.114. The van der Waals surface area contributed by atoms with Crippen molar-refractivity contribution in [2.75, 3.05) is 0 Å². The number of hydrogen-bond donors (Lipinski definition) is 1. The molecule has 0 heterocycles. The first kappa shape index (κ1) is 6.49. The molecule has 2 heteroatoms. The van der Waals surface area contributed by atoms with Gasteiger partial charge in [-0.2, -0.15) is 0 Å². The van der Waals surface area contributed by atoms with Gasteiger partial charge in [0.25, 0.3) is 0 Å². The van der Waals surface area contributed by atoms with Crippen LogP contribution in [-0.2, 0) is 4.79 Å². The number of aldehydes is 1. The monoisotopic (exact) mass is 126 g/mol. The number of hydrogen-bond acceptors (Lipinski definition) is 2. The van der Waals surface area contributed by atoms with Gasteiger partial charge in [-0.05, 0) is 12.8 Å². The summed E-state index contributed by atoms with van der Waals surface area (Å²) in [4.78, 5) is 10.2. The van der Waals surface area contributed by atoms with Gasteiger partial charge in [0.05, 0.1) is 6.10 Å². The fourth-order valence-electron chi connectivity index (χ4n) is 0.967. The van der Waals surface area contributed by atoms with Crippen LogP contribution in [-0.4, -0.2) is 17.5 Å². The third kappa shape index (κ3) is 1.39. The Bertz CT molecular complexity index is 129. The summed E-state index contributed by atoms with van der Waals surface area (Å²) < 4.78 is 0. The molecular formula is C7H10O2. The number of aliphatic hydroxyl groups is 1. The Kier molecular flexibility index (Phi) is 2.01. The average molecular weight is 126 g/mol. The fraction of sp³-hybridized carbons (Fsp3) is 0.571. The van der Waals surface area contributed by atoms with Crippen molar-refractivity contribution in [1.82, 2.24) is 0 Å². The van der Waals surface area contributed by atoms with Crippen LogP contribution >= 0.6 is 0 Å². The van der Waals surface area contributed by atoms with Crippen LogP contribution in [0.4, 0.5) is 0 Å². The van der Waals surface area contributed by atoms with Gasteiger partial charge >= 0.3 is 0 Å². The van der Waals surface area contributed by atoms with Crippen LogP contribution in [0.15, 0.2) is 12.2 Å². The molecular weight excluding hydrogens is 116 g/mol. The summed E-state index contributed by atoms with van der Waals surface area (Å²) in [6, 6.07) is 0. The van der Waals surface area contributed by atoms with E-state index in [-0.39, 0.29) is 5.92 Å². The second-order valence-corrected chi connectivity index (χ2v) is 2.31. The van der Waals surface area contributed by atoms with Crippen LogP contribution in [0.25, 0.3) is 0 Å². The van der Waals surface area contributed by atoms with E-state index in [2.05, 4.69) is 0 Å². The summed E-state index contributed by atoms with van der Waals surface area (Å²) in [5.41, 5.74) is 0. The molecule has 0 spiro atoms. The molecule has 0 fully saturated rings. The topological polar surface area (TPSA) is 37.3 Å². The highest BCUT2D eigenvalue weighted by molar-refractivity contribution is 5.55. The first-order valence-electron chi connectivity index (χ1n) is 3.13. The summed E-state index contributed by atoms with van der Waals surface area (Å²) >= 11 is 0. The van der Waals surface area contributed by atoms with Crippen LogP contribution in [0.1, 0.15) is 12.8 Å². The Morgan fingerprint density at radius 1 is 1.44 bits per heavy atom. The SMILES string of the molecule is O=CC1CC=CCC1O. The Balaban J connectivity index is 2.52. The first-order chi connectivity index (χ1) is 4.34. The Labute approximate surface area is 54.2 Å². The molecule has 0 aromatic heterocycles. The van der Waals surface area contributed by atoms with Gasteiger partial charge in [0.1, 0.15) is 6.29 Å². The molecule has 0 saturated carbocycles. The molecule has 0 radical (unpaired) electrons. The molecule has 2 unspecified atom stereocenters. The molecule has 0 bridgehead atoms. The minimum atomic E-state index is -0.438. The van der Waals surface area contributed by atoms with Crippen LogP contribution < -0.4 is 0 Å². The number of allylic oxidation sites excluding steroid dienone is 1. The maximum absolute atomic E-state index is 10.2.